The summed E-state index contributed by atoms with van der Waals surface area (Å²) < 4.78 is 16.8. The Labute approximate surface area is 303 Å². The molecule has 0 spiro atoms. The van der Waals surface area contributed by atoms with Crippen LogP contribution in [0.5, 0.6) is 0 Å². The van der Waals surface area contributed by atoms with Crippen LogP contribution in [-0.2, 0) is 28.6 Å². The van der Waals surface area contributed by atoms with Crippen molar-refractivity contribution < 1.29 is 28.6 Å². The first-order valence-corrected chi connectivity index (χ1v) is 20.6. The van der Waals surface area contributed by atoms with Crippen molar-refractivity contribution in [3.8, 4) is 0 Å². The van der Waals surface area contributed by atoms with Gasteiger partial charge in [-0.25, -0.2) is 0 Å². The minimum atomic E-state index is -0.106. The Morgan fingerprint density at radius 2 is 1.04 bits per heavy atom. The number of carbonyl (C=O) groups is 3. The van der Waals surface area contributed by atoms with Crippen LogP contribution in [0.1, 0.15) is 194 Å². The predicted molar refractivity (Wildman–Crippen MR) is 205 cm³/mol. The van der Waals surface area contributed by atoms with E-state index < -0.39 is 0 Å². The summed E-state index contributed by atoms with van der Waals surface area (Å²) in [5.74, 6) is 0.195. The molecule has 0 aliphatic rings. The Kier molecular flexibility index (Phi) is 34.5. The first-order valence-electron chi connectivity index (χ1n) is 20.6. The molecule has 288 valence electrons. The van der Waals surface area contributed by atoms with E-state index in [1.54, 1.807) is 0 Å². The smallest absolute Gasteiger partial charge is 0.306 e. The number of esters is 3. The van der Waals surface area contributed by atoms with Gasteiger partial charge in [-0.2, -0.15) is 0 Å². The number of rotatable bonds is 36. The van der Waals surface area contributed by atoms with Crippen molar-refractivity contribution in [3.63, 3.8) is 0 Å². The van der Waals surface area contributed by atoms with Gasteiger partial charge in [-0.1, -0.05) is 123 Å². The van der Waals surface area contributed by atoms with Crippen LogP contribution in [-0.4, -0.2) is 62.8 Å². The standard InChI is InChI=1S/C42H79NO6/c1-6-8-10-12-13-21-27-36-47-40(44)32-25-19-14-17-23-30-39(49-42(46)34-28-35-43(4)5)31-24-18-15-20-26-33-41(45)48-37-38(3)29-22-16-11-9-7-2/h21,27,38-39H,6-20,22-26,28-37H2,1-5H3/b27-21+. The van der Waals surface area contributed by atoms with E-state index in [4.69, 9.17) is 14.2 Å². The van der Waals surface area contributed by atoms with Gasteiger partial charge in [0.1, 0.15) is 12.7 Å². The first kappa shape index (κ1) is 47.1. The zero-order valence-electron chi connectivity index (χ0n) is 32.9. The van der Waals surface area contributed by atoms with Crippen LogP contribution in [0.25, 0.3) is 0 Å². The molecule has 0 saturated heterocycles. The maximum absolute atomic E-state index is 12.5. The van der Waals surface area contributed by atoms with Crippen molar-refractivity contribution in [2.45, 2.75) is 200 Å². The summed E-state index contributed by atoms with van der Waals surface area (Å²) in [7, 11) is 4.04. The van der Waals surface area contributed by atoms with Crippen LogP contribution >= 0.6 is 0 Å². The van der Waals surface area contributed by atoms with Gasteiger partial charge in [0.05, 0.1) is 6.61 Å². The molecule has 0 aromatic rings. The molecule has 0 amide bonds. The van der Waals surface area contributed by atoms with Gasteiger partial charge < -0.3 is 19.1 Å². The second-order valence-electron chi connectivity index (χ2n) is 14.6. The highest BCUT2D eigenvalue weighted by atomic mass is 16.5. The van der Waals surface area contributed by atoms with E-state index in [9.17, 15) is 14.4 Å². The van der Waals surface area contributed by atoms with Crippen molar-refractivity contribution in [1.29, 1.82) is 0 Å². The maximum Gasteiger partial charge on any atom is 0.306 e. The second-order valence-corrected chi connectivity index (χ2v) is 14.6. The molecule has 49 heavy (non-hydrogen) atoms. The summed E-state index contributed by atoms with van der Waals surface area (Å²) in [6, 6.07) is 0. The molecule has 0 bridgehead atoms. The highest BCUT2D eigenvalue weighted by Crippen LogP contribution is 2.18. The van der Waals surface area contributed by atoms with E-state index >= 15 is 0 Å². The van der Waals surface area contributed by atoms with Gasteiger partial charge in [-0.15, -0.1) is 0 Å². The lowest BCUT2D eigenvalue weighted by atomic mass is 10.0. The maximum atomic E-state index is 12.5. The molecule has 0 heterocycles. The Morgan fingerprint density at radius 3 is 1.63 bits per heavy atom. The average molecular weight is 694 g/mol. The van der Waals surface area contributed by atoms with Crippen molar-refractivity contribution in [2.24, 2.45) is 5.92 Å². The Bertz CT molecular complexity index is 798. The summed E-state index contributed by atoms with van der Waals surface area (Å²) >= 11 is 0. The fourth-order valence-corrected chi connectivity index (χ4v) is 5.97. The zero-order valence-corrected chi connectivity index (χ0v) is 32.9. The van der Waals surface area contributed by atoms with Gasteiger partial charge in [0.25, 0.3) is 0 Å². The predicted octanol–water partition coefficient (Wildman–Crippen LogP) is 11.3. The van der Waals surface area contributed by atoms with E-state index in [1.165, 1.54) is 57.8 Å². The third-order valence-electron chi connectivity index (χ3n) is 9.16. The van der Waals surface area contributed by atoms with Gasteiger partial charge in [0.2, 0.25) is 0 Å². The highest BCUT2D eigenvalue weighted by molar-refractivity contribution is 5.70. The van der Waals surface area contributed by atoms with Crippen molar-refractivity contribution in [1.82, 2.24) is 4.90 Å². The zero-order chi connectivity index (χ0) is 36.2. The summed E-state index contributed by atoms with van der Waals surface area (Å²) in [6.07, 6.45) is 31.9. The second kappa shape index (κ2) is 35.9. The van der Waals surface area contributed by atoms with Gasteiger partial charge in [0, 0.05) is 19.3 Å². The molecule has 0 fully saturated rings. The number of carbonyl (C=O) groups excluding carboxylic acids is 3. The Balaban J connectivity index is 4.13. The van der Waals surface area contributed by atoms with Crippen LogP contribution < -0.4 is 0 Å². The number of nitrogens with zero attached hydrogens (tertiary/aromatic N) is 1. The Morgan fingerprint density at radius 1 is 0.551 bits per heavy atom. The minimum Gasteiger partial charge on any atom is -0.465 e. The third kappa shape index (κ3) is 35.7. The average Bonchev–Trinajstić information content (AvgIpc) is 3.07. The molecule has 7 heteroatoms. The normalized spacial score (nSPS) is 12.8. The monoisotopic (exact) mass is 694 g/mol. The Hall–Kier alpha value is -1.89. The van der Waals surface area contributed by atoms with E-state index in [1.807, 2.05) is 20.2 Å². The van der Waals surface area contributed by atoms with Crippen molar-refractivity contribution in [2.75, 3.05) is 33.9 Å². The molecule has 2 unspecified atom stereocenters. The largest absolute Gasteiger partial charge is 0.465 e. The fraction of sp³-hybridized carbons (Fsp3) is 0.881. The van der Waals surface area contributed by atoms with Crippen molar-refractivity contribution in [3.05, 3.63) is 12.2 Å². The molecule has 0 aromatic carbocycles. The van der Waals surface area contributed by atoms with Gasteiger partial charge in [0.15, 0.2) is 0 Å². The summed E-state index contributed by atoms with van der Waals surface area (Å²) in [5, 5.41) is 0. The number of unbranched alkanes of at least 4 members (excludes halogenated alkanes) is 16. The molecule has 7 nitrogen and oxygen atoms in total. The number of allylic oxidation sites excluding steroid dienone is 1. The number of ether oxygens (including phenoxy) is 3. The van der Waals surface area contributed by atoms with Crippen LogP contribution in [0.4, 0.5) is 0 Å². The lowest BCUT2D eigenvalue weighted by Gasteiger charge is -2.18. The summed E-state index contributed by atoms with van der Waals surface area (Å²) in [5.41, 5.74) is 0. The molecule has 0 N–H and O–H groups in total. The van der Waals surface area contributed by atoms with E-state index in [0.717, 1.165) is 103 Å². The van der Waals surface area contributed by atoms with E-state index in [-0.39, 0.29) is 24.0 Å². The lowest BCUT2D eigenvalue weighted by molar-refractivity contribution is -0.150. The molecule has 0 aromatic heterocycles. The number of hydrogen-bond donors (Lipinski definition) is 0. The van der Waals surface area contributed by atoms with E-state index in [2.05, 4.69) is 31.7 Å². The lowest BCUT2D eigenvalue weighted by Crippen LogP contribution is -2.20. The third-order valence-corrected chi connectivity index (χ3v) is 9.16. The van der Waals surface area contributed by atoms with Crippen LogP contribution in [0.2, 0.25) is 0 Å². The van der Waals surface area contributed by atoms with Crippen LogP contribution in [0, 0.1) is 5.92 Å². The van der Waals surface area contributed by atoms with E-state index in [0.29, 0.717) is 38.4 Å². The van der Waals surface area contributed by atoms with Gasteiger partial charge in [-0.3, -0.25) is 14.4 Å². The van der Waals surface area contributed by atoms with Crippen LogP contribution in [0.3, 0.4) is 0 Å². The molecule has 2 atom stereocenters. The highest BCUT2D eigenvalue weighted by Gasteiger charge is 2.15. The van der Waals surface area contributed by atoms with Gasteiger partial charge in [-0.05, 0) is 90.8 Å². The molecular formula is C42H79NO6. The molecule has 0 aliphatic heterocycles. The molecule has 0 radical (unpaired) electrons. The minimum absolute atomic E-state index is 0.0230. The molecule has 0 aliphatic carbocycles. The van der Waals surface area contributed by atoms with Crippen LogP contribution in [0.15, 0.2) is 12.2 Å². The molecule has 0 saturated carbocycles. The summed E-state index contributed by atoms with van der Waals surface area (Å²) in [6.45, 7) is 8.45. The topological polar surface area (TPSA) is 82.1 Å². The van der Waals surface area contributed by atoms with Gasteiger partial charge >= 0.3 is 17.9 Å². The summed E-state index contributed by atoms with van der Waals surface area (Å²) in [4.78, 5) is 38.8. The molecule has 0 rings (SSSR count). The molecular weight excluding hydrogens is 614 g/mol. The van der Waals surface area contributed by atoms with Crippen molar-refractivity contribution >= 4 is 17.9 Å². The number of hydrogen-bond acceptors (Lipinski definition) is 7. The fourth-order valence-electron chi connectivity index (χ4n) is 5.97. The SMILES string of the molecule is CCCCCC/C=C/COC(=O)CCCCCCCC(CCCCCCCC(=O)OCC(C)CCCCCCC)OC(=O)CCCN(C)C. The first-order chi connectivity index (χ1) is 23.8. The quantitative estimate of drug-likeness (QED) is 0.0279.